The molecule has 3 N–H and O–H groups in total. The van der Waals surface area contributed by atoms with E-state index in [1.165, 1.54) is 19.1 Å². The number of benzene rings is 1. The first kappa shape index (κ1) is 9.51. The number of nitrogens with two attached hydrogens (primary N) is 1. The molecule has 0 unspecified atom stereocenters. The maximum atomic E-state index is 13.4. The number of rotatable bonds is 1. The summed E-state index contributed by atoms with van der Waals surface area (Å²) in [6.45, 7) is 1.27. The van der Waals surface area contributed by atoms with Crippen LogP contribution < -0.4 is 10.5 Å². The standard InChI is InChI=1S/C10H9FN2O2/c1-5(14)15-10-4-7-8(11)2-6(12)3-9(7)13-10/h2-4,13H,12H2,1H3. The molecule has 78 valence electrons. The summed E-state index contributed by atoms with van der Waals surface area (Å²) in [6, 6.07) is 4.21. The molecule has 0 spiro atoms. The van der Waals surface area contributed by atoms with Gasteiger partial charge in [-0.05, 0) is 12.1 Å². The second kappa shape index (κ2) is 3.27. The molecule has 1 aromatic heterocycles. The van der Waals surface area contributed by atoms with Crippen LogP contribution in [0, 0.1) is 5.82 Å². The summed E-state index contributed by atoms with van der Waals surface area (Å²) in [4.78, 5) is 13.4. The van der Waals surface area contributed by atoms with Gasteiger partial charge < -0.3 is 15.5 Å². The van der Waals surface area contributed by atoms with Crippen LogP contribution >= 0.6 is 0 Å². The summed E-state index contributed by atoms with van der Waals surface area (Å²) in [5.74, 6) is -0.698. The van der Waals surface area contributed by atoms with Crippen molar-refractivity contribution < 1.29 is 13.9 Å². The minimum Gasteiger partial charge on any atom is -0.410 e. The maximum absolute atomic E-state index is 13.4. The van der Waals surface area contributed by atoms with E-state index in [9.17, 15) is 9.18 Å². The normalized spacial score (nSPS) is 10.5. The molecule has 0 radical (unpaired) electrons. The van der Waals surface area contributed by atoms with Crippen molar-refractivity contribution >= 4 is 22.6 Å². The Balaban J connectivity index is 2.55. The molecule has 5 heteroatoms. The quantitative estimate of drug-likeness (QED) is 0.554. The van der Waals surface area contributed by atoms with Gasteiger partial charge in [0.25, 0.3) is 0 Å². The lowest BCUT2D eigenvalue weighted by molar-refractivity contribution is -0.132. The third kappa shape index (κ3) is 1.76. The Bertz CT molecular complexity index is 533. The fourth-order valence-corrected chi connectivity index (χ4v) is 1.40. The van der Waals surface area contributed by atoms with E-state index in [4.69, 9.17) is 10.5 Å². The van der Waals surface area contributed by atoms with Crippen LogP contribution in [0.2, 0.25) is 0 Å². The summed E-state index contributed by atoms with van der Waals surface area (Å²) in [5.41, 5.74) is 6.29. The highest BCUT2D eigenvalue weighted by Crippen LogP contribution is 2.25. The first-order valence-corrected chi connectivity index (χ1v) is 4.32. The SMILES string of the molecule is CC(=O)Oc1cc2c(F)cc(N)cc2[nH]1. The topological polar surface area (TPSA) is 68.1 Å². The zero-order valence-corrected chi connectivity index (χ0v) is 8.00. The fourth-order valence-electron chi connectivity index (χ4n) is 1.40. The minimum absolute atomic E-state index is 0.210. The number of aromatic amines is 1. The van der Waals surface area contributed by atoms with Crippen molar-refractivity contribution in [3.63, 3.8) is 0 Å². The highest BCUT2D eigenvalue weighted by Gasteiger charge is 2.08. The number of carbonyl (C=O) groups is 1. The Morgan fingerprint density at radius 3 is 2.87 bits per heavy atom. The predicted octanol–water partition coefficient (Wildman–Crippen LogP) is 1.81. The lowest BCUT2D eigenvalue weighted by Gasteiger charge is -1.94. The van der Waals surface area contributed by atoms with Crippen LogP contribution in [0.15, 0.2) is 18.2 Å². The molecule has 2 rings (SSSR count). The second-order valence-electron chi connectivity index (χ2n) is 3.19. The van der Waals surface area contributed by atoms with E-state index < -0.39 is 11.8 Å². The van der Waals surface area contributed by atoms with Gasteiger partial charge in [0.05, 0.1) is 5.52 Å². The molecule has 1 aromatic carbocycles. The average Bonchev–Trinajstić information content (AvgIpc) is 2.45. The fraction of sp³-hybridized carbons (Fsp3) is 0.100. The Hall–Kier alpha value is -2.04. The summed E-state index contributed by atoms with van der Waals surface area (Å²) < 4.78 is 18.1. The lowest BCUT2D eigenvalue weighted by atomic mass is 10.2. The van der Waals surface area contributed by atoms with Crippen LogP contribution in [0.4, 0.5) is 10.1 Å². The van der Waals surface area contributed by atoms with Crippen LogP contribution in [0.1, 0.15) is 6.92 Å². The number of aromatic nitrogens is 1. The molecule has 0 aliphatic heterocycles. The maximum Gasteiger partial charge on any atom is 0.309 e. The van der Waals surface area contributed by atoms with Crippen molar-refractivity contribution in [1.82, 2.24) is 4.98 Å². The second-order valence-corrected chi connectivity index (χ2v) is 3.19. The van der Waals surface area contributed by atoms with Crippen LogP contribution in [0.3, 0.4) is 0 Å². The van der Waals surface area contributed by atoms with Crippen molar-refractivity contribution in [3.8, 4) is 5.88 Å². The lowest BCUT2D eigenvalue weighted by Crippen LogP contribution is -2.00. The molecule has 0 fully saturated rings. The molecule has 0 aliphatic carbocycles. The first-order valence-electron chi connectivity index (χ1n) is 4.32. The number of anilines is 1. The number of nitrogen functional groups attached to an aromatic ring is 1. The van der Waals surface area contributed by atoms with Gasteiger partial charge in [0, 0.05) is 24.1 Å². The van der Waals surface area contributed by atoms with Crippen LogP contribution in [-0.2, 0) is 4.79 Å². The average molecular weight is 208 g/mol. The van der Waals surface area contributed by atoms with Crippen LogP contribution in [-0.4, -0.2) is 11.0 Å². The Labute approximate surface area is 84.8 Å². The summed E-state index contributed by atoms with van der Waals surface area (Å²) in [5, 5.41) is 0.348. The molecule has 0 saturated heterocycles. The van der Waals surface area contributed by atoms with Crippen molar-refractivity contribution in [2.24, 2.45) is 0 Å². The monoisotopic (exact) mass is 208 g/mol. The van der Waals surface area contributed by atoms with Gasteiger partial charge in [0.1, 0.15) is 5.82 Å². The van der Waals surface area contributed by atoms with E-state index in [1.54, 1.807) is 6.07 Å². The third-order valence-corrected chi connectivity index (χ3v) is 1.94. The van der Waals surface area contributed by atoms with Crippen molar-refractivity contribution in [2.45, 2.75) is 6.92 Å². The van der Waals surface area contributed by atoms with E-state index in [-0.39, 0.29) is 5.88 Å². The number of fused-ring (bicyclic) bond motifs is 1. The van der Waals surface area contributed by atoms with Gasteiger partial charge >= 0.3 is 5.97 Å². The van der Waals surface area contributed by atoms with Gasteiger partial charge in [-0.15, -0.1) is 0 Å². The van der Waals surface area contributed by atoms with E-state index in [0.717, 1.165) is 0 Å². The Morgan fingerprint density at radius 2 is 2.20 bits per heavy atom. The highest BCUT2D eigenvalue weighted by molar-refractivity contribution is 5.85. The smallest absolute Gasteiger partial charge is 0.309 e. The Kier molecular flexibility index (Phi) is 2.07. The highest BCUT2D eigenvalue weighted by atomic mass is 19.1. The van der Waals surface area contributed by atoms with Crippen molar-refractivity contribution in [3.05, 3.63) is 24.0 Å². The zero-order valence-electron chi connectivity index (χ0n) is 8.00. The number of hydrogen-bond donors (Lipinski definition) is 2. The number of H-pyrrole nitrogens is 1. The predicted molar refractivity (Wildman–Crippen MR) is 54.0 cm³/mol. The van der Waals surface area contributed by atoms with Crippen LogP contribution in [0.25, 0.3) is 10.9 Å². The van der Waals surface area contributed by atoms with E-state index >= 15 is 0 Å². The number of hydrogen-bond acceptors (Lipinski definition) is 3. The van der Waals surface area contributed by atoms with Crippen molar-refractivity contribution in [2.75, 3.05) is 5.73 Å². The number of esters is 1. The van der Waals surface area contributed by atoms with Gasteiger partial charge in [-0.1, -0.05) is 0 Å². The van der Waals surface area contributed by atoms with E-state index in [2.05, 4.69) is 4.98 Å². The molecular formula is C10H9FN2O2. The minimum atomic E-state index is -0.463. The number of carbonyl (C=O) groups excluding carboxylic acids is 1. The molecule has 0 saturated carbocycles. The molecular weight excluding hydrogens is 199 g/mol. The first-order chi connectivity index (χ1) is 7.06. The van der Waals surface area contributed by atoms with Gasteiger partial charge in [0.2, 0.25) is 5.88 Å². The number of ether oxygens (including phenoxy) is 1. The zero-order chi connectivity index (χ0) is 11.0. The van der Waals surface area contributed by atoms with E-state index in [1.807, 2.05) is 0 Å². The number of halogens is 1. The molecule has 1 heterocycles. The summed E-state index contributed by atoms with van der Waals surface area (Å²) in [7, 11) is 0. The summed E-state index contributed by atoms with van der Waals surface area (Å²) >= 11 is 0. The van der Waals surface area contributed by atoms with Gasteiger partial charge in [-0.25, -0.2) is 4.39 Å². The largest absolute Gasteiger partial charge is 0.410 e. The molecule has 4 nitrogen and oxygen atoms in total. The molecule has 2 aromatic rings. The van der Waals surface area contributed by atoms with E-state index in [0.29, 0.717) is 16.6 Å². The molecule has 0 aliphatic rings. The molecule has 0 atom stereocenters. The Morgan fingerprint density at radius 1 is 1.47 bits per heavy atom. The van der Waals surface area contributed by atoms with Gasteiger partial charge in [0.15, 0.2) is 0 Å². The van der Waals surface area contributed by atoms with Crippen molar-refractivity contribution in [1.29, 1.82) is 0 Å². The summed E-state index contributed by atoms with van der Waals surface area (Å²) in [6.07, 6.45) is 0. The molecule has 15 heavy (non-hydrogen) atoms. The van der Waals surface area contributed by atoms with Crippen LogP contribution in [0.5, 0.6) is 5.88 Å². The molecule has 0 amide bonds. The number of nitrogens with one attached hydrogen (secondary N) is 1. The third-order valence-electron chi connectivity index (χ3n) is 1.94. The van der Waals surface area contributed by atoms with Gasteiger partial charge in [-0.3, -0.25) is 4.79 Å². The van der Waals surface area contributed by atoms with Gasteiger partial charge in [-0.2, -0.15) is 0 Å². The molecule has 0 bridgehead atoms.